The van der Waals surface area contributed by atoms with Gasteiger partial charge in [0, 0.05) is 13.0 Å². The zero-order chi connectivity index (χ0) is 19.9. The molecule has 0 saturated heterocycles. The number of ether oxygens (including phenoxy) is 2. The lowest BCUT2D eigenvalue weighted by molar-refractivity contribution is -0.116. The number of nitrogens with zero attached hydrogens (tertiary/aromatic N) is 2. The molecule has 0 aliphatic carbocycles. The normalized spacial score (nSPS) is 10.8. The van der Waals surface area contributed by atoms with E-state index in [1.165, 1.54) is 6.20 Å². The van der Waals surface area contributed by atoms with Crippen molar-refractivity contribution in [3.05, 3.63) is 64.6 Å². The molecule has 3 aromatic rings. The third-order valence-electron chi connectivity index (χ3n) is 4.53. The second kappa shape index (κ2) is 9.17. The van der Waals surface area contributed by atoms with Crippen molar-refractivity contribution in [2.24, 2.45) is 0 Å². The number of aromatic nitrogens is 2. The van der Waals surface area contributed by atoms with E-state index in [0.717, 1.165) is 16.6 Å². The van der Waals surface area contributed by atoms with Crippen LogP contribution in [0.3, 0.4) is 0 Å². The van der Waals surface area contributed by atoms with E-state index < -0.39 is 0 Å². The summed E-state index contributed by atoms with van der Waals surface area (Å²) in [5.74, 6) is 1.46. The van der Waals surface area contributed by atoms with Crippen LogP contribution in [0.5, 0.6) is 11.5 Å². The number of carbonyl (C=O) groups excluding carboxylic acids is 1. The van der Waals surface area contributed by atoms with Crippen molar-refractivity contribution in [3.8, 4) is 11.5 Å². The second-order valence-electron chi connectivity index (χ2n) is 6.63. The molecule has 1 aromatic heterocycles. The van der Waals surface area contributed by atoms with E-state index in [-0.39, 0.29) is 11.3 Å². The van der Waals surface area contributed by atoms with Gasteiger partial charge in [0.1, 0.15) is 5.78 Å². The SMILES string of the molecule is COc1cc(CCC(C)=O)ccc1OCCCn1c(=O)cnc2ccccc21. The molecule has 6 nitrogen and oxygen atoms in total. The molecule has 0 saturated carbocycles. The Labute approximate surface area is 163 Å². The summed E-state index contributed by atoms with van der Waals surface area (Å²) in [6.07, 6.45) is 3.22. The van der Waals surface area contributed by atoms with Crippen LogP contribution >= 0.6 is 0 Å². The number of ketones is 1. The average molecular weight is 380 g/mol. The summed E-state index contributed by atoms with van der Waals surface area (Å²) in [6, 6.07) is 13.3. The molecular weight excluding hydrogens is 356 g/mol. The second-order valence-corrected chi connectivity index (χ2v) is 6.63. The van der Waals surface area contributed by atoms with E-state index in [0.29, 0.717) is 43.9 Å². The molecule has 0 amide bonds. The first-order valence-corrected chi connectivity index (χ1v) is 9.32. The Hall–Kier alpha value is -3.15. The van der Waals surface area contributed by atoms with Gasteiger partial charge in [-0.15, -0.1) is 0 Å². The molecule has 0 radical (unpaired) electrons. The lowest BCUT2D eigenvalue weighted by atomic mass is 10.1. The summed E-state index contributed by atoms with van der Waals surface area (Å²) in [5, 5.41) is 0. The zero-order valence-electron chi connectivity index (χ0n) is 16.2. The van der Waals surface area contributed by atoms with E-state index in [1.54, 1.807) is 18.6 Å². The van der Waals surface area contributed by atoms with Gasteiger partial charge in [-0.05, 0) is 49.6 Å². The standard InChI is InChI=1S/C22H24N2O4/c1-16(25)8-9-17-10-11-20(21(14-17)27-2)28-13-5-12-24-19-7-4-3-6-18(19)23-15-22(24)26/h3-4,6-7,10-11,14-15H,5,8-9,12-13H2,1-2H3. The van der Waals surface area contributed by atoms with Crippen molar-refractivity contribution in [1.82, 2.24) is 9.55 Å². The molecule has 146 valence electrons. The Morgan fingerprint density at radius 3 is 2.75 bits per heavy atom. The Kier molecular flexibility index (Phi) is 6.42. The quantitative estimate of drug-likeness (QED) is 0.532. The van der Waals surface area contributed by atoms with E-state index in [2.05, 4.69) is 4.98 Å². The van der Waals surface area contributed by atoms with Crippen LogP contribution in [0.4, 0.5) is 0 Å². The monoisotopic (exact) mass is 380 g/mol. The molecule has 28 heavy (non-hydrogen) atoms. The van der Waals surface area contributed by atoms with Gasteiger partial charge in [0.05, 0.1) is 30.9 Å². The van der Waals surface area contributed by atoms with Crippen LogP contribution in [0.1, 0.15) is 25.3 Å². The van der Waals surface area contributed by atoms with Crippen molar-refractivity contribution >= 4 is 16.8 Å². The van der Waals surface area contributed by atoms with Crippen LogP contribution in [0.15, 0.2) is 53.5 Å². The highest BCUT2D eigenvalue weighted by atomic mass is 16.5. The molecule has 0 N–H and O–H groups in total. The van der Waals surface area contributed by atoms with Gasteiger partial charge in [0.25, 0.3) is 5.56 Å². The van der Waals surface area contributed by atoms with Gasteiger partial charge in [-0.3, -0.25) is 4.79 Å². The van der Waals surface area contributed by atoms with E-state index in [9.17, 15) is 9.59 Å². The fourth-order valence-electron chi connectivity index (χ4n) is 3.06. The first kappa shape index (κ1) is 19.6. The fourth-order valence-corrected chi connectivity index (χ4v) is 3.06. The average Bonchev–Trinajstić information content (AvgIpc) is 2.71. The molecule has 0 aliphatic heterocycles. The predicted octanol–water partition coefficient (Wildman–Crippen LogP) is 3.40. The molecule has 1 heterocycles. The number of hydrogen-bond acceptors (Lipinski definition) is 5. The lowest BCUT2D eigenvalue weighted by Crippen LogP contribution is -2.21. The minimum absolute atomic E-state index is 0.119. The zero-order valence-corrected chi connectivity index (χ0v) is 16.2. The highest BCUT2D eigenvalue weighted by Gasteiger charge is 2.08. The maximum atomic E-state index is 12.2. The number of carbonyl (C=O) groups is 1. The highest BCUT2D eigenvalue weighted by Crippen LogP contribution is 2.28. The highest BCUT2D eigenvalue weighted by molar-refractivity contribution is 5.75. The fraction of sp³-hybridized carbons (Fsp3) is 0.318. The van der Waals surface area contributed by atoms with Gasteiger partial charge in [-0.1, -0.05) is 18.2 Å². The number of fused-ring (bicyclic) bond motifs is 1. The molecule has 0 fully saturated rings. The van der Waals surface area contributed by atoms with Crippen molar-refractivity contribution in [2.75, 3.05) is 13.7 Å². The van der Waals surface area contributed by atoms with E-state index in [1.807, 2.05) is 42.5 Å². The number of hydrogen-bond donors (Lipinski definition) is 0. The van der Waals surface area contributed by atoms with Crippen LogP contribution in [0, 0.1) is 0 Å². The molecule has 2 aromatic carbocycles. The van der Waals surface area contributed by atoms with E-state index >= 15 is 0 Å². The van der Waals surface area contributed by atoms with Crippen LogP contribution in [0.25, 0.3) is 11.0 Å². The largest absolute Gasteiger partial charge is 0.493 e. The minimum atomic E-state index is -0.119. The Balaban J connectivity index is 1.62. The van der Waals surface area contributed by atoms with Gasteiger partial charge in [-0.25, -0.2) is 4.98 Å². The Bertz CT molecular complexity index is 1030. The maximum Gasteiger partial charge on any atom is 0.269 e. The summed E-state index contributed by atoms with van der Waals surface area (Å²) in [7, 11) is 1.60. The molecule has 0 aliphatic rings. The van der Waals surface area contributed by atoms with Gasteiger partial charge in [0.2, 0.25) is 0 Å². The molecular formula is C22H24N2O4. The number of Topliss-reactive ketones (excluding diaryl/α,β-unsaturated/α-hetero) is 1. The van der Waals surface area contributed by atoms with Crippen molar-refractivity contribution in [3.63, 3.8) is 0 Å². The smallest absolute Gasteiger partial charge is 0.269 e. The molecule has 0 bridgehead atoms. The van der Waals surface area contributed by atoms with Crippen LogP contribution < -0.4 is 15.0 Å². The first-order valence-electron chi connectivity index (χ1n) is 9.32. The van der Waals surface area contributed by atoms with E-state index in [4.69, 9.17) is 9.47 Å². The molecule has 0 spiro atoms. The predicted molar refractivity (Wildman–Crippen MR) is 108 cm³/mol. The third-order valence-corrected chi connectivity index (χ3v) is 4.53. The number of benzene rings is 2. The summed E-state index contributed by atoms with van der Waals surface area (Å²) in [4.78, 5) is 27.5. The Morgan fingerprint density at radius 1 is 1.14 bits per heavy atom. The molecule has 6 heteroatoms. The molecule has 0 atom stereocenters. The maximum absolute atomic E-state index is 12.2. The number of para-hydroxylation sites is 2. The summed E-state index contributed by atoms with van der Waals surface area (Å²) < 4.78 is 13.0. The summed E-state index contributed by atoms with van der Waals surface area (Å²) >= 11 is 0. The topological polar surface area (TPSA) is 70.4 Å². The third kappa shape index (κ3) is 4.76. The molecule has 3 rings (SSSR count). The van der Waals surface area contributed by atoms with Gasteiger partial charge in [-0.2, -0.15) is 0 Å². The lowest BCUT2D eigenvalue weighted by Gasteiger charge is -2.13. The first-order chi connectivity index (χ1) is 13.6. The van der Waals surface area contributed by atoms with Crippen LogP contribution in [-0.2, 0) is 17.8 Å². The Morgan fingerprint density at radius 2 is 1.96 bits per heavy atom. The summed E-state index contributed by atoms with van der Waals surface area (Å²) in [6.45, 7) is 2.58. The van der Waals surface area contributed by atoms with Gasteiger partial charge in [0.15, 0.2) is 11.5 Å². The van der Waals surface area contributed by atoms with Crippen molar-refractivity contribution < 1.29 is 14.3 Å². The number of methoxy groups -OCH3 is 1. The van der Waals surface area contributed by atoms with Crippen LogP contribution in [0.2, 0.25) is 0 Å². The van der Waals surface area contributed by atoms with Crippen molar-refractivity contribution in [1.29, 1.82) is 0 Å². The minimum Gasteiger partial charge on any atom is -0.493 e. The number of aryl methyl sites for hydroxylation is 2. The van der Waals surface area contributed by atoms with Gasteiger partial charge >= 0.3 is 0 Å². The van der Waals surface area contributed by atoms with Gasteiger partial charge < -0.3 is 18.8 Å². The van der Waals surface area contributed by atoms with Crippen molar-refractivity contribution in [2.45, 2.75) is 32.7 Å². The summed E-state index contributed by atoms with van der Waals surface area (Å²) in [5.41, 5.74) is 2.54. The number of rotatable bonds is 9. The molecule has 0 unspecified atom stereocenters. The van der Waals surface area contributed by atoms with Crippen LogP contribution in [-0.4, -0.2) is 29.1 Å².